The van der Waals surface area contributed by atoms with Crippen molar-refractivity contribution in [2.24, 2.45) is 5.73 Å². The van der Waals surface area contributed by atoms with Crippen LogP contribution in [0.2, 0.25) is 10.0 Å². The number of rotatable bonds is 7. The van der Waals surface area contributed by atoms with Crippen molar-refractivity contribution in [3.63, 3.8) is 0 Å². The third-order valence-corrected chi connectivity index (χ3v) is 5.03. The predicted molar refractivity (Wildman–Crippen MR) is 115 cm³/mol. The zero-order valence-electron chi connectivity index (χ0n) is 16.7. The molecule has 0 bridgehead atoms. The maximum Gasteiger partial charge on any atom is 0.331 e. The summed E-state index contributed by atoms with van der Waals surface area (Å²) in [7, 11) is 0. The van der Waals surface area contributed by atoms with Crippen molar-refractivity contribution in [3.05, 3.63) is 68.1 Å². The van der Waals surface area contributed by atoms with Gasteiger partial charge in [-0.3, -0.25) is 9.48 Å². The van der Waals surface area contributed by atoms with E-state index in [1.54, 1.807) is 41.9 Å². The number of Topliss-reactive ketones (excluding diaryl/α,β-unsaturated/α-hetero) is 1. The van der Waals surface area contributed by atoms with Crippen LogP contribution in [0.5, 0.6) is 0 Å². The second-order valence-corrected chi connectivity index (χ2v) is 7.29. The summed E-state index contributed by atoms with van der Waals surface area (Å²) >= 11 is 12.5. The molecule has 0 spiro atoms. The molecule has 9 heteroatoms. The van der Waals surface area contributed by atoms with Crippen molar-refractivity contribution in [3.8, 4) is 6.07 Å². The molecule has 0 aliphatic rings. The molecule has 156 valence electrons. The van der Waals surface area contributed by atoms with Crippen molar-refractivity contribution < 1.29 is 14.3 Å². The number of benzene rings is 1. The SMILES string of the molecule is C/C(N)=C(\C#N)C(=O)COC(=O)/C=C/c1c(C)nn(Cc2c(Cl)cccc2Cl)c1C. The number of aromatic nitrogens is 2. The van der Waals surface area contributed by atoms with E-state index >= 15 is 0 Å². The Balaban J connectivity index is 2.11. The minimum absolute atomic E-state index is 0.0753. The van der Waals surface area contributed by atoms with E-state index in [4.69, 9.17) is 38.9 Å². The number of nitrogens with two attached hydrogens (primary N) is 1. The fourth-order valence-electron chi connectivity index (χ4n) is 2.72. The van der Waals surface area contributed by atoms with Gasteiger partial charge in [-0.25, -0.2) is 4.79 Å². The number of hydrogen-bond acceptors (Lipinski definition) is 6. The lowest BCUT2D eigenvalue weighted by Crippen LogP contribution is -2.16. The molecule has 1 aromatic heterocycles. The standard InChI is InChI=1S/C21H20Cl2N4O3/c1-12(25)16(9-24)20(28)11-30-21(29)8-7-15-13(2)26-27(14(15)3)10-17-18(22)5-4-6-19(17)23/h4-8H,10-11,25H2,1-3H3/b8-7+,16-12-. The van der Waals surface area contributed by atoms with Gasteiger partial charge in [-0.1, -0.05) is 29.3 Å². The maximum atomic E-state index is 12.0. The first kappa shape index (κ1) is 23.2. The Bertz CT molecular complexity index is 1070. The first-order valence-electron chi connectivity index (χ1n) is 8.87. The summed E-state index contributed by atoms with van der Waals surface area (Å²) in [5, 5.41) is 14.5. The minimum atomic E-state index is -0.726. The van der Waals surface area contributed by atoms with Gasteiger partial charge in [0, 0.05) is 38.6 Å². The number of carbonyl (C=O) groups is 2. The minimum Gasteiger partial charge on any atom is -0.454 e. The maximum absolute atomic E-state index is 12.0. The van der Waals surface area contributed by atoms with Crippen LogP contribution in [0, 0.1) is 25.2 Å². The molecule has 0 aliphatic carbocycles. The summed E-state index contributed by atoms with van der Waals surface area (Å²) in [5.74, 6) is -1.38. The van der Waals surface area contributed by atoms with Crippen LogP contribution in [0.4, 0.5) is 0 Å². The van der Waals surface area contributed by atoms with Crippen LogP contribution in [-0.4, -0.2) is 28.1 Å². The van der Waals surface area contributed by atoms with E-state index in [9.17, 15) is 9.59 Å². The number of nitrogens with zero attached hydrogens (tertiary/aromatic N) is 3. The van der Waals surface area contributed by atoms with Crippen LogP contribution >= 0.6 is 23.2 Å². The summed E-state index contributed by atoms with van der Waals surface area (Å²) in [5.41, 5.74) is 8.29. The molecule has 7 nitrogen and oxygen atoms in total. The summed E-state index contributed by atoms with van der Waals surface area (Å²) in [4.78, 5) is 23.8. The Labute approximate surface area is 184 Å². The van der Waals surface area contributed by atoms with Crippen LogP contribution in [-0.2, 0) is 20.9 Å². The zero-order chi connectivity index (χ0) is 22.4. The first-order chi connectivity index (χ1) is 14.1. The van der Waals surface area contributed by atoms with Crippen molar-refractivity contribution in [2.75, 3.05) is 6.61 Å². The lowest BCUT2D eigenvalue weighted by atomic mass is 10.1. The van der Waals surface area contributed by atoms with Gasteiger partial charge in [-0.05, 0) is 39.0 Å². The summed E-state index contributed by atoms with van der Waals surface area (Å²) in [6.45, 7) is 4.90. The van der Waals surface area contributed by atoms with E-state index in [1.165, 1.54) is 13.0 Å². The van der Waals surface area contributed by atoms with Crippen LogP contribution in [0.1, 0.15) is 29.4 Å². The lowest BCUT2D eigenvalue weighted by molar-refractivity contribution is -0.141. The Morgan fingerprint density at radius 2 is 1.93 bits per heavy atom. The number of carbonyl (C=O) groups excluding carboxylic acids is 2. The highest BCUT2D eigenvalue weighted by molar-refractivity contribution is 6.35. The molecular formula is C21H20Cl2N4O3. The Morgan fingerprint density at radius 1 is 1.30 bits per heavy atom. The smallest absolute Gasteiger partial charge is 0.331 e. The van der Waals surface area contributed by atoms with Crippen molar-refractivity contribution in [2.45, 2.75) is 27.3 Å². The highest BCUT2D eigenvalue weighted by Crippen LogP contribution is 2.26. The molecule has 0 fully saturated rings. The van der Waals surface area contributed by atoms with Crippen LogP contribution < -0.4 is 5.73 Å². The second kappa shape index (κ2) is 10.1. The van der Waals surface area contributed by atoms with E-state index in [1.807, 2.05) is 6.92 Å². The number of hydrogen-bond donors (Lipinski definition) is 1. The molecule has 2 N–H and O–H groups in total. The van der Waals surface area contributed by atoms with Crippen molar-refractivity contribution in [1.29, 1.82) is 5.26 Å². The molecule has 0 saturated heterocycles. The van der Waals surface area contributed by atoms with Crippen molar-refractivity contribution in [1.82, 2.24) is 9.78 Å². The van der Waals surface area contributed by atoms with Gasteiger partial charge >= 0.3 is 5.97 Å². The van der Waals surface area contributed by atoms with E-state index in [0.29, 0.717) is 22.3 Å². The van der Waals surface area contributed by atoms with Gasteiger partial charge in [0.1, 0.15) is 11.6 Å². The zero-order valence-corrected chi connectivity index (χ0v) is 18.2. The van der Waals surface area contributed by atoms with Gasteiger partial charge in [0.25, 0.3) is 0 Å². The molecule has 0 unspecified atom stereocenters. The summed E-state index contributed by atoms with van der Waals surface area (Å²) in [6, 6.07) is 6.97. The fourth-order valence-corrected chi connectivity index (χ4v) is 3.23. The predicted octanol–water partition coefficient (Wildman–Crippen LogP) is 3.74. The van der Waals surface area contributed by atoms with E-state index < -0.39 is 18.4 Å². The summed E-state index contributed by atoms with van der Waals surface area (Å²) in [6.07, 6.45) is 2.76. The number of halogens is 2. The van der Waals surface area contributed by atoms with E-state index in [2.05, 4.69) is 5.10 Å². The van der Waals surface area contributed by atoms with Gasteiger partial charge < -0.3 is 10.5 Å². The van der Waals surface area contributed by atoms with Gasteiger partial charge in [-0.2, -0.15) is 10.4 Å². The average Bonchev–Trinajstić information content (AvgIpc) is 2.94. The number of esters is 1. The number of nitriles is 1. The van der Waals surface area contributed by atoms with Gasteiger partial charge in [0.2, 0.25) is 5.78 Å². The van der Waals surface area contributed by atoms with Gasteiger partial charge in [0.15, 0.2) is 6.61 Å². The number of allylic oxidation sites excluding steroid dienone is 1. The molecule has 0 aliphatic heterocycles. The number of ketones is 1. The highest BCUT2D eigenvalue weighted by Gasteiger charge is 2.15. The molecule has 0 saturated carbocycles. The van der Waals surface area contributed by atoms with Gasteiger partial charge in [-0.15, -0.1) is 0 Å². The third kappa shape index (κ3) is 5.50. The topological polar surface area (TPSA) is 111 Å². The Morgan fingerprint density at radius 3 is 2.50 bits per heavy atom. The highest BCUT2D eigenvalue weighted by atomic mass is 35.5. The van der Waals surface area contributed by atoms with Crippen molar-refractivity contribution >= 4 is 41.0 Å². The Hall–Kier alpha value is -3.08. The quantitative estimate of drug-likeness (QED) is 0.393. The summed E-state index contributed by atoms with van der Waals surface area (Å²) < 4.78 is 6.63. The van der Waals surface area contributed by atoms with E-state index in [0.717, 1.165) is 16.8 Å². The Kier molecular flexibility index (Phi) is 7.81. The molecule has 2 rings (SSSR count). The van der Waals surface area contributed by atoms with Crippen LogP contribution in [0.3, 0.4) is 0 Å². The molecule has 1 aromatic carbocycles. The largest absolute Gasteiger partial charge is 0.454 e. The molecule has 0 radical (unpaired) electrons. The van der Waals surface area contributed by atoms with E-state index in [-0.39, 0.29) is 11.3 Å². The average molecular weight is 447 g/mol. The fraction of sp³-hybridized carbons (Fsp3) is 0.238. The number of aryl methyl sites for hydroxylation is 1. The molecule has 30 heavy (non-hydrogen) atoms. The molecule has 1 heterocycles. The van der Waals surface area contributed by atoms with Gasteiger partial charge in [0.05, 0.1) is 12.2 Å². The second-order valence-electron chi connectivity index (χ2n) is 6.48. The molecule has 0 atom stereocenters. The number of ether oxygens (including phenoxy) is 1. The molecular weight excluding hydrogens is 427 g/mol. The van der Waals surface area contributed by atoms with Crippen LogP contribution in [0.25, 0.3) is 6.08 Å². The molecule has 2 aromatic rings. The van der Waals surface area contributed by atoms with Crippen LogP contribution in [0.15, 0.2) is 35.5 Å². The monoisotopic (exact) mass is 446 g/mol. The molecule has 0 amide bonds. The first-order valence-corrected chi connectivity index (χ1v) is 9.62. The third-order valence-electron chi connectivity index (χ3n) is 4.32. The normalized spacial score (nSPS) is 11.9. The lowest BCUT2D eigenvalue weighted by Gasteiger charge is -2.09.